The largest absolute Gasteiger partial charge is 0.296 e. The molecule has 16 heavy (non-hydrogen) atoms. The minimum atomic E-state index is -0.371. The van der Waals surface area contributed by atoms with E-state index in [4.69, 9.17) is 0 Å². The highest BCUT2D eigenvalue weighted by atomic mass is 16.6. The molecule has 0 bridgehead atoms. The van der Waals surface area contributed by atoms with Gasteiger partial charge < -0.3 is 0 Å². The molecule has 85 valence electrons. The summed E-state index contributed by atoms with van der Waals surface area (Å²) in [5, 5.41) is 14.8. The number of non-ortho nitro benzene ring substituents is 1. The van der Waals surface area contributed by atoms with Gasteiger partial charge in [0.25, 0.3) is 5.69 Å². The molecule has 1 aromatic carbocycles. The van der Waals surface area contributed by atoms with E-state index in [0.717, 1.165) is 38.3 Å². The second-order valence-corrected chi connectivity index (χ2v) is 3.87. The molecule has 1 aromatic rings. The molecular formula is C11H14N3O2. The number of piperazine rings is 1. The molecule has 0 aromatic heterocycles. The summed E-state index contributed by atoms with van der Waals surface area (Å²) in [4.78, 5) is 12.4. The third kappa shape index (κ3) is 2.77. The standard InChI is InChI=1S/C11H14N3O2/c15-14(16)11-3-1-10(2-4-11)9-13-7-5-12-6-8-13/h1-4H,5-9H2. The van der Waals surface area contributed by atoms with E-state index in [9.17, 15) is 10.1 Å². The van der Waals surface area contributed by atoms with Crippen LogP contribution in [0.3, 0.4) is 0 Å². The maximum Gasteiger partial charge on any atom is 0.269 e. The van der Waals surface area contributed by atoms with Crippen LogP contribution in [0.2, 0.25) is 0 Å². The van der Waals surface area contributed by atoms with Gasteiger partial charge in [-0.1, -0.05) is 12.1 Å². The van der Waals surface area contributed by atoms with Gasteiger partial charge in [-0.2, -0.15) is 0 Å². The number of nitrogens with zero attached hydrogens (tertiary/aromatic N) is 3. The fourth-order valence-corrected chi connectivity index (χ4v) is 1.79. The van der Waals surface area contributed by atoms with E-state index >= 15 is 0 Å². The molecule has 1 radical (unpaired) electrons. The second-order valence-electron chi connectivity index (χ2n) is 3.87. The SMILES string of the molecule is O=[N+]([O-])c1ccc(CN2CC[N]CC2)cc1. The average Bonchev–Trinajstić information content (AvgIpc) is 2.31. The van der Waals surface area contributed by atoms with Gasteiger partial charge in [-0.05, 0) is 5.56 Å². The highest BCUT2D eigenvalue weighted by Gasteiger charge is 2.11. The molecule has 0 saturated carbocycles. The fourth-order valence-electron chi connectivity index (χ4n) is 1.79. The summed E-state index contributed by atoms with van der Waals surface area (Å²) >= 11 is 0. The van der Waals surface area contributed by atoms with E-state index in [-0.39, 0.29) is 10.6 Å². The van der Waals surface area contributed by atoms with Crippen molar-refractivity contribution in [3.05, 3.63) is 39.9 Å². The quantitative estimate of drug-likeness (QED) is 0.564. The van der Waals surface area contributed by atoms with E-state index in [1.165, 1.54) is 0 Å². The Kier molecular flexibility index (Phi) is 3.48. The van der Waals surface area contributed by atoms with Gasteiger partial charge in [0.1, 0.15) is 0 Å². The molecule has 0 atom stereocenters. The van der Waals surface area contributed by atoms with Crippen molar-refractivity contribution in [2.45, 2.75) is 6.54 Å². The summed E-state index contributed by atoms with van der Waals surface area (Å²) in [6, 6.07) is 6.76. The monoisotopic (exact) mass is 220 g/mol. The molecular weight excluding hydrogens is 206 g/mol. The summed E-state index contributed by atoms with van der Waals surface area (Å²) in [5.41, 5.74) is 1.27. The Morgan fingerprint density at radius 3 is 2.44 bits per heavy atom. The number of benzene rings is 1. The van der Waals surface area contributed by atoms with Crippen LogP contribution in [0, 0.1) is 10.1 Å². The van der Waals surface area contributed by atoms with Crippen LogP contribution in [0.5, 0.6) is 0 Å². The molecule has 0 spiro atoms. The molecule has 2 rings (SSSR count). The lowest BCUT2D eigenvalue weighted by molar-refractivity contribution is -0.384. The second kappa shape index (κ2) is 5.05. The molecule has 1 heterocycles. The van der Waals surface area contributed by atoms with Gasteiger partial charge in [0.2, 0.25) is 0 Å². The molecule has 0 N–H and O–H groups in total. The Labute approximate surface area is 94.2 Å². The summed E-state index contributed by atoms with van der Waals surface area (Å²) in [7, 11) is 0. The van der Waals surface area contributed by atoms with Crippen LogP contribution in [0.1, 0.15) is 5.56 Å². The van der Waals surface area contributed by atoms with Gasteiger partial charge >= 0.3 is 0 Å². The summed E-state index contributed by atoms with van der Waals surface area (Å²) < 4.78 is 0. The minimum absolute atomic E-state index is 0.150. The molecule has 1 saturated heterocycles. The van der Waals surface area contributed by atoms with Crippen LogP contribution in [-0.4, -0.2) is 36.0 Å². The van der Waals surface area contributed by atoms with Gasteiger partial charge in [0.15, 0.2) is 0 Å². The van der Waals surface area contributed by atoms with E-state index < -0.39 is 0 Å². The zero-order chi connectivity index (χ0) is 11.4. The van der Waals surface area contributed by atoms with Gasteiger partial charge in [-0.25, -0.2) is 5.32 Å². The molecule has 1 fully saturated rings. The lowest BCUT2D eigenvalue weighted by Gasteiger charge is -2.26. The third-order valence-corrected chi connectivity index (χ3v) is 2.70. The maximum atomic E-state index is 10.5. The first-order chi connectivity index (χ1) is 7.75. The van der Waals surface area contributed by atoms with Crippen LogP contribution in [0.15, 0.2) is 24.3 Å². The number of nitro benzene ring substituents is 1. The van der Waals surface area contributed by atoms with Crippen LogP contribution in [-0.2, 0) is 6.54 Å². The Morgan fingerprint density at radius 2 is 1.88 bits per heavy atom. The zero-order valence-electron chi connectivity index (χ0n) is 9.00. The van der Waals surface area contributed by atoms with E-state index in [0.29, 0.717) is 0 Å². The van der Waals surface area contributed by atoms with Crippen molar-refractivity contribution in [1.82, 2.24) is 10.2 Å². The van der Waals surface area contributed by atoms with Crippen LogP contribution < -0.4 is 5.32 Å². The Morgan fingerprint density at radius 1 is 1.25 bits per heavy atom. The van der Waals surface area contributed by atoms with Crippen LogP contribution in [0.4, 0.5) is 5.69 Å². The predicted molar refractivity (Wildman–Crippen MR) is 60.2 cm³/mol. The first kappa shape index (κ1) is 11.0. The topological polar surface area (TPSA) is 60.5 Å². The smallest absolute Gasteiger partial charge is 0.269 e. The number of rotatable bonds is 3. The van der Waals surface area contributed by atoms with E-state index in [2.05, 4.69) is 10.2 Å². The van der Waals surface area contributed by atoms with Crippen molar-refractivity contribution >= 4 is 5.69 Å². The lowest BCUT2D eigenvalue weighted by atomic mass is 10.2. The molecule has 5 nitrogen and oxygen atoms in total. The van der Waals surface area contributed by atoms with Crippen molar-refractivity contribution in [3.8, 4) is 0 Å². The molecule has 5 heteroatoms. The average molecular weight is 220 g/mol. The van der Waals surface area contributed by atoms with Crippen molar-refractivity contribution < 1.29 is 4.92 Å². The van der Waals surface area contributed by atoms with Gasteiger partial charge in [-0.3, -0.25) is 15.0 Å². The van der Waals surface area contributed by atoms with Crippen LogP contribution >= 0.6 is 0 Å². The number of hydrogen-bond acceptors (Lipinski definition) is 3. The van der Waals surface area contributed by atoms with Gasteiger partial charge in [0.05, 0.1) is 4.92 Å². The number of nitro groups is 1. The molecule has 1 aliphatic rings. The van der Waals surface area contributed by atoms with E-state index in [1.54, 1.807) is 12.1 Å². The molecule has 0 unspecified atom stereocenters. The Hall–Kier alpha value is -1.46. The van der Waals surface area contributed by atoms with Gasteiger partial charge in [-0.15, -0.1) is 0 Å². The van der Waals surface area contributed by atoms with E-state index in [1.807, 2.05) is 12.1 Å². The summed E-state index contributed by atoms with van der Waals surface area (Å²) in [6.45, 7) is 4.61. The van der Waals surface area contributed by atoms with Crippen LogP contribution in [0.25, 0.3) is 0 Å². The Balaban J connectivity index is 1.96. The number of hydrogen-bond donors (Lipinski definition) is 0. The third-order valence-electron chi connectivity index (χ3n) is 2.70. The summed E-state index contributed by atoms with van der Waals surface area (Å²) in [5.74, 6) is 0. The minimum Gasteiger partial charge on any atom is -0.296 e. The molecule has 0 aliphatic carbocycles. The summed E-state index contributed by atoms with van der Waals surface area (Å²) in [6.07, 6.45) is 0. The zero-order valence-corrected chi connectivity index (χ0v) is 9.00. The highest BCUT2D eigenvalue weighted by molar-refractivity contribution is 5.32. The predicted octanol–water partition coefficient (Wildman–Crippen LogP) is 1.01. The van der Waals surface area contributed by atoms with Crippen molar-refractivity contribution in [3.63, 3.8) is 0 Å². The lowest BCUT2D eigenvalue weighted by Crippen LogP contribution is -2.39. The first-order valence-electron chi connectivity index (χ1n) is 5.34. The normalized spacial score (nSPS) is 17.2. The maximum absolute atomic E-state index is 10.5. The first-order valence-corrected chi connectivity index (χ1v) is 5.34. The fraction of sp³-hybridized carbons (Fsp3) is 0.455. The molecule has 0 amide bonds. The highest BCUT2D eigenvalue weighted by Crippen LogP contribution is 2.13. The van der Waals surface area contributed by atoms with Crippen molar-refractivity contribution in [2.75, 3.05) is 26.2 Å². The van der Waals surface area contributed by atoms with Gasteiger partial charge in [0, 0.05) is 44.9 Å². The molecule has 1 aliphatic heterocycles. The van der Waals surface area contributed by atoms with Crippen molar-refractivity contribution in [2.24, 2.45) is 0 Å². The van der Waals surface area contributed by atoms with Crippen molar-refractivity contribution in [1.29, 1.82) is 0 Å². The Bertz CT molecular complexity index is 358.